The molecule has 1 aromatic rings. The smallest absolute Gasteiger partial charge is 0.0417 e. The Morgan fingerprint density at radius 1 is 1.47 bits per heavy atom. The number of rotatable bonds is 6. The Kier molecular flexibility index (Phi) is 3.73. The van der Waals surface area contributed by atoms with E-state index in [1.807, 2.05) is 12.3 Å². The third kappa shape index (κ3) is 3.63. The van der Waals surface area contributed by atoms with Crippen LogP contribution in [0.1, 0.15) is 36.9 Å². The van der Waals surface area contributed by atoms with Crippen molar-refractivity contribution in [3.63, 3.8) is 0 Å². The van der Waals surface area contributed by atoms with E-state index in [0.29, 0.717) is 0 Å². The Bertz CT molecular complexity index is 305. The quantitative estimate of drug-likeness (QED) is 0.721. The molecule has 0 spiro atoms. The largest absolute Gasteiger partial charge is 0.313 e. The molecule has 1 aliphatic carbocycles. The van der Waals surface area contributed by atoms with Crippen LogP contribution < -0.4 is 5.32 Å². The van der Waals surface area contributed by atoms with Gasteiger partial charge in [0.1, 0.15) is 0 Å². The van der Waals surface area contributed by atoms with Gasteiger partial charge in [-0.3, -0.25) is 4.98 Å². The Labute approximate surface area is 92.1 Å². The third-order valence-corrected chi connectivity index (χ3v) is 3.09. The van der Waals surface area contributed by atoms with Crippen LogP contribution in [0.3, 0.4) is 0 Å². The maximum atomic E-state index is 4.28. The van der Waals surface area contributed by atoms with E-state index in [-0.39, 0.29) is 0 Å². The molecule has 1 aliphatic rings. The predicted octanol–water partition coefficient (Wildman–Crippen LogP) is 2.67. The number of aromatic nitrogens is 1. The molecule has 1 fully saturated rings. The average Bonchev–Trinajstić information content (AvgIpc) is 3.04. The van der Waals surface area contributed by atoms with Gasteiger partial charge >= 0.3 is 0 Å². The van der Waals surface area contributed by atoms with Crippen molar-refractivity contribution < 1.29 is 0 Å². The summed E-state index contributed by atoms with van der Waals surface area (Å²) in [4.78, 5) is 4.28. The van der Waals surface area contributed by atoms with Crippen LogP contribution >= 0.6 is 0 Å². The molecule has 2 rings (SSSR count). The molecule has 0 atom stereocenters. The lowest BCUT2D eigenvalue weighted by atomic mass is 10.2. The minimum atomic E-state index is 0.963. The number of pyridine rings is 1. The molecule has 2 heteroatoms. The Hall–Kier alpha value is -0.890. The summed E-state index contributed by atoms with van der Waals surface area (Å²) in [6.45, 7) is 4.18. The maximum Gasteiger partial charge on any atom is 0.0417 e. The summed E-state index contributed by atoms with van der Waals surface area (Å²) in [6, 6.07) is 4.16. The van der Waals surface area contributed by atoms with Crippen LogP contribution in [0, 0.1) is 12.8 Å². The van der Waals surface area contributed by atoms with E-state index in [2.05, 4.69) is 23.3 Å². The normalized spacial score (nSPS) is 15.5. The van der Waals surface area contributed by atoms with Gasteiger partial charge in [0.25, 0.3) is 0 Å². The zero-order valence-electron chi connectivity index (χ0n) is 9.50. The fourth-order valence-corrected chi connectivity index (χ4v) is 1.85. The van der Waals surface area contributed by atoms with Crippen LogP contribution in [0.25, 0.3) is 0 Å². The fourth-order valence-electron chi connectivity index (χ4n) is 1.85. The summed E-state index contributed by atoms with van der Waals surface area (Å²) in [5.74, 6) is 1.06. The molecule has 82 valence electrons. The zero-order valence-corrected chi connectivity index (χ0v) is 9.50. The van der Waals surface area contributed by atoms with Gasteiger partial charge in [0.2, 0.25) is 0 Å². The summed E-state index contributed by atoms with van der Waals surface area (Å²) < 4.78 is 0. The van der Waals surface area contributed by atoms with E-state index in [9.17, 15) is 0 Å². The standard InChI is InChI=1S/C13H20N2/c1-11-13(5-3-9-15-11)10-14-8-2-4-12-6-7-12/h3,5,9,12,14H,2,4,6-8,10H2,1H3. The lowest BCUT2D eigenvalue weighted by Crippen LogP contribution is -2.15. The van der Waals surface area contributed by atoms with Gasteiger partial charge in [0.05, 0.1) is 0 Å². The molecule has 0 aliphatic heterocycles. The van der Waals surface area contributed by atoms with Gasteiger partial charge in [-0.1, -0.05) is 18.9 Å². The number of nitrogens with one attached hydrogen (secondary N) is 1. The number of hydrogen-bond acceptors (Lipinski definition) is 2. The summed E-state index contributed by atoms with van der Waals surface area (Å²) in [6.07, 6.45) is 7.54. The van der Waals surface area contributed by atoms with Crippen LogP contribution in [-0.2, 0) is 6.54 Å². The Morgan fingerprint density at radius 3 is 3.07 bits per heavy atom. The van der Waals surface area contributed by atoms with Gasteiger partial charge in [0.15, 0.2) is 0 Å². The van der Waals surface area contributed by atoms with E-state index >= 15 is 0 Å². The van der Waals surface area contributed by atoms with Crippen LogP contribution in [0.5, 0.6) is 0 Å². The van der Waals surface area contributed by atoms with E-state index in [0.717, 1.165) is 24.7 Å². The highest BCUT2D eigenvalue weighted by molar-refractivity contribution is 5.17. The molecule has 1 N–H and O–H groups in total. The highest BCUT2D eigenvalue weighted by atomic mass is 14.9. The van der Waals surface area contributed by atoms with Crippen LogP contribution in [0.4, 0.5) is 0 Å². The molecule has 1 saturated carbocycles. The molecule has 1 heterocycles. The lowest BCUT2D eigenvalue weighted by molar-refractivity contribution is 0.592. The SMILES string of the molecule is Cc1ncccc1CNCCCC1CC1. The van der Waals surface area contributed by atoms with Crippen LogP contribution in [0.2, 0.25) is 0 Å². The van der Waals surface area contributed by atoms with Crippen molar-refractivity contribution >= 4 is 0 Å². The first-order valence-electron chi connectivity index (χ1n) is 5.97. The summed E-state index contributed by atoms with van der Waals surface area (Å²) in [5.41, 5.74) is 2.47. The number of nitrogens with zero attached hydrogens (tertiary/aromatic N) is 1. The molecule has 15 heavy (non-hydrogen) atoms. The molecular weight excluding hydrogens is 184 g/mol. The molecular formula is C13H20N2. The van der Waals surface area contributed by atoms with Crippen molar-refractivity contribution in [3.8, 4) is 0 Å². The van der Waals surface area contributed by atoms with Gasteiger partial charge in [-0.15, -0.1) is 0 Å². The Morgan fingerprint density at radius 2 is 2.33 bits per heavy atom. The number of hydrogen-bond donors (Lipinski definition) is 1. The molecule has 0 amide bonds. The third-order valence-electron chi connectivity index (χ3n) is 3.09. The average molecular weight is 204 g/mol. The molecule has 0 radical (unpaired) electrons. The fraction of sp³-hybridized carbons (Fsp3) is 0.615. The first kappa shape index (κ1) is 10.6. The van der Waals surface area contributed by atoms with Crippen molar-refractivity contribution in [2.24, 2.45) is 5.92 Å². The summed E-state index contributed by atoms with van der Waals surface area (Å²) >= 11 is 0. The van der Waals surface area contributed by atoms with Crippen molar-refractivity contribution in [1.82, 2.24) is 10.3 Å². The van der Waals surface area contributed by atoms with E-state index in [1.165, 1.54) is 31.2 Å². The minimum absolute atomic E-state index is 0.963. The van der Waals surface area contributed by atoms with Gasteiger partial charge in [-0.05, 0) is 43.9 Å². The van der Waals surface area contributed by atoms with E-state index < -0.39 is 0 Å². The van der Waals surface area contributed by atoms with Crippen LogP contribution in [0.15, 0.2) is 18.3 Å². The van der Waals surface area contributed by atoms with Crippen molar-refractivity contribution in [2.75, 3.05) is 6.54 Å². The van der Waals surface area contributed by atoms with Crippen molar-refractivity contribution in [1.29, 1.82) is 0 Å². The number of aryl methyl sites for hydroxylation is 1. The van der Waals surface area contributed by atoms with Crippen molar-refractivity contribution in [3.05, 3.63) is 29.6 Å². The molecule has 0 bridgehead atoms. The van der Waals surface area contributed by atoms with Gasteiger partial charge in [0, 0.05) is 18.4 Å². The minimum Gasteiger partial charge on any atom is -0.313 e. The Balaban J connectivity index is 1.62. The molecule has 0 aromatic carbocycles. The van der Waals surface area contributed by atoms with E-state index in [1.54, 1.807) is 0 Å². The zero-order chi connectivity index (χ0) is 10.5. The maximum absolute atomic E-state index is 4.28. The van der Waals surface area contributed by atoms with Gasteiger partial charge < -0.3 is 5.32 Å². The highest BCUT2D eigenvalue weighted by Gasteiger charge is 2.19. The van der Waals surface area contributed by atoms with Crippen molar-refractivity contribution in [2.45, 2.75) is 39.2 Å². The van der Waals surface area contributed by atoms with Crippen LogP contribution in [-0.4, -0.2) is 11.5 Å². The monoisotopic (exact) mass is 204 g/mol. The molecule has 0 unspecified atom stereocenters. The lowest BCUT2D eigenvalue weighted by Gasteiger charge is -2.06. The second-order valence-electron chi connectivity index (χ2n) is 4.51. The predicted molar refractivity (Wildman–Crippen MR) is 62.6 cm³/mol. The summed E-state index contributed by atoms with van der Waals surface area (Å²) in [5, 5.41) is 3.49. The molecule has 1 aromatic heterocycles. The second-order valence-corrected chi connectivity index (χ2v) is 4.51. The molecule has 0 saturated heterocycles. The molecule has 2 nitrogen and oxygen atoms in total. The first-order valence-corrected chi connectivity index (χ1v) is 5.97. The highest BCUT2D eigenvalue weighted by Crippen LogP contribution is 2.33. The second kappa shape index (κ2) is 5.26. The first-order chi connectivity index (χ1) is 7.36. The van der Waals surface area contributed by atoms with Gasteiger partial charge in [-0.25, -0.2) is 0 Å². The topological polar surface area (TPSA) is 24.9 Å². The van der Waals surface area contributed by atoms with Gasteiger partial charge in [-0.2, -0.15) is 0 Å². The van der Waals surface area contributed by atoms with E-state index in [4.69, 9.17) is 0 Å². The summed E-state index contributed by atoms with van der Waals surface area (Å²) in [7, 11) is 0.